The average Bonchev–Trinajstić information content (AvgIpc) is 2.61. The number of rotatable bonds is 1. The zero-order valence-electron chi connectivity index (χ0n) is 7.62. The van der Waals surface area contributed by atoms with Gasteiger partial charge in [-0.15, -0.1) is 11.8 Å². The molecule has 1 aliphatic rings. The molecule has 74 valence electrons. The summed E-state index contributed by atoms with van der Waals surface area (Å²) in [7, 11) is 0. The summed E-state index contributed by atoms with van der Waals surface area (Å²) >= 11 is 7.92. The summed E-state index contributed by atoms with van der Waals surface area (Å²) in [5.74, 6) is 0. The predicted octanol–water partition coefficient (Wildman–Crippen LogP) is 2.84. The second kappa shape index (κ2) is 4.59. The van der Waals surface area contributed by atoms with Gasteiger partial charge < -0.3 is 0 Å². The Morgan fingerprint density at radius 2 is 2.43 bits per heavy atom. The van der Waals surface area contributed by atoms with Crippen molar-refractivity contribution in [2.45, 2.75) is 10.6 Å². The van der Waals surface area contributed by atoms with Crippen LogP contribution in [0.15, 0.2) is 29.5 Å². The van der Waals surface area contributed by atoms with Gasteiger partial charge in [0.15, 0.2) is 0 Å². The fourth-order valence-corrected chi connectivity index (χ4v) is 3.66. The Hall–Kier alpha value is -0.130. The lowest BCUT2D eigenvalue weighted by Crippen LogP contribution is -2.02. The summed E-state index contributed by atoms with van der Waals surface area (Å²) in [4.78, 5) is 8.68. The van der Waals surface area contributed by atoms with Gasteiger partial charge in [0.1, 0.15) is 4.38 Å². The van der Waals surface area contributed by atoms with Crippen molar-refractivity contribution in [3.05, 3.63) is 30.1 Å². The zero-order chi connectivity index (χ0) is 9.97. The minimum absolute atomic E-state index is 0.152. The Kier molecular flexibility index (Phi) is 3.41. The third-order valence-electron chi connectivity index (χ3n) is 1.94. The van der Waals surface area contributed by atoms with Gasteiger partial charge in [0.05, 0.1) is 10.6 Å². The first-order chi connectivity index (χ1) is 6.81. The molecule has 2 heterocycles. The van der Waals surface area contributed by atoms with Crippen molar-refractivity contribution in [3.8, 4) is 0 Å². The molecule has 0 saturated carbocycles. The summed E-state index contributed by atoms with van der Waals surface area (Å²) in [6, 6.07) is 4.14. The maximum atomic E-state index is 4.58. The number of nitrogens with zero attached hydrogens (tertiary/aromatic N) is 2. The zero-order valence-corrected chi connectivity index (χ0v) is 10.1. The number of aliphatic imine (C=N–C) groups is 1. The van der Waals surface area contributed by atoms with E-state index in [4.69, 9.17) is 0 Å². The molecule has 1 aromatic heterocycles. The third kappa shape index (κ3) is 2.10. The van der Waals surface area contributed by atoms with Crippen molar-refractivity contribution < 1.29 is 0 Å². The molecule has 14 heavy (non-hydrogen) atoms. The molecule has 2 rings (SSSR count). The van der Waals surface area contributed by atoms with Crippen molar-refractivity contribution in [1.82, 2.24) is 4.98 Å². The van der Waals surface area contributed by atoms with E-state index in [-0.39, 0.29) is 10.6 Å². The average molecular weight is 242 g/mol. The Balaban J connectivity index is 2.23. The Morgan fingerprint density at radius 1 is 1.57 bits per heavy atom. The number of thiol groups is 1. The van der Waals surface area contributed by atoms with Crippen molar-refractivity contribution in [2.24, 2.45) is 4.99 Å². The van der Waals surface area contributed by atoms with E-state index in [1.54, 1.807) is 29.7 Å². The summed E-state index contributed by atoms with van der Waals surface area (Å²) in [5.41, 5.74) is 1.14. The van der Waals surface area contributed by atoms with Gasteiger partial charge in [-0.1, -0.05) is 17.8 Å². The standard InChI is InChI=1S/C9H10N2S3/c1-13-9-11-7(8(12)14-9)6-3-2-4-10-5-6/h2-5,7-8,12H,1H3. The molecule has 0 bridgehead atoms. The molecule has 0 aliphatic carbocycles. The molecule has 1 aromatic rings. The minimum Gasteiger partial charge on any atom is -0.264 e. The maximum Gasteiger partial charge on any atom is 0.126 e. The van der Waals surface area contributed by atoms with Gasteiger partial charge in [-0.3, -0.25) is 9.98 Å². The normalized spacial score (nSPS) is 26.3. The van der Waals surface area contributed by atoms with E-state index >= 15 is 0 Å². The van der Waals surface area contributed by atoms with Gasteiger partial charge in [0.25, 0.3) is 0 Å². The molecule has 0 radical (unpaired) electrons. The van der Waals surface area contributed by atoms with Crippen LogP contribution in [-0.2, 0) is 0 Å². The molecule has 5 heteroatoms. The molecule has 2 unspecified atom stereocenters. The highest BCUT2D eigenvalue weighted by Crippen LogP contribution is 2.41. The highest BCUT2D eigenvalue weighted by atomic mass is 32.2. The first-order valence-electron chi connectivity index (χ1n) is 4.17. The number of thioether (sulfide) groups is 2. The molecule has 0 saturated heterocycles. The smallest absolute Gasteiger partial charge is 0.126 e. The molecule has 0 spiro atoms. The van der Waals surface area contributed by atoms with E-state index in [0.29, 0.717) is 0 Å². The Morgan fingerprint density at radius 3 is 3.00 bits per heavy atom. The lowest BCUT2D eigenvalue weighted by Gasteiger charge is -2.10. The minimum atomic E-state index is 0.152. The van der Waals surface area contributed by atoms with Gasteiger partial charge in [0.2, 0.25) is 0 Å². The topological polar surface area (TPSA) is 25.2 Å². The number of hydrogen-bond acceptors (Lipinski definition) is 5. The molecule has 2 atom stereocenters. The lowest BCUT2D eigenvalue weighted by molar-refractivity contribution is 0.817. The quantitative estimate of drug-likeness (QED) is 0.767. The predicted molar refractivity (Wildman–Crippen MR) is 68.3 cm³/mol. The third-order valence-corrected chi connectivity index (χ3v) is 4.59. The van der Waals surface area contributed by atoms with Crippen LogP contribution in [0.5, 0.6) is 0 Å². The van der Waals surface area contributed by atoms with Crippen LogP contribution in [0.1, 0.15) is 11.6 Å². The van der Waals surface area contributed by atoms with Gasteiger partial charge in [-0.05, 0) is 17.9 Å². The van der Waals surface area contributed by atoms with Crippen LogP contribution >= 0.6 is 36.2 Å². The molecular formula is C9H10N2S3. The monoisotopic (exact) mass is 242 g/mol. The summed E-state index contributed by atoms with van der Waals surface area (Å²) in [5, 5.41) is 0. The first-order valence-corrected chi connectivity index (χ1v) is 6.80. The molecule has 0 amide bonds. The van der Waals surface area contributed by atoms with Crippen LogP contribution in [0, 0.1) is 0 Å². The van der Waals surface area contributed by atoms with Gasteiger partial charge >= 0.3 is 0 Å². The van der Waals surface area contributed by atoms with Gasteiger partial charge in [-0.2, -0.15) is 12.6 Å². The SMILES string of the molecule is CSC1=NC(c2cccnc2)C(S)S1. The van der Waals surface area contributed by atoms with E-state index in [1.807, 2.05) is 24.6 Å². The molecular weight excluding hydrogens is 232 g/mol. The number of pyridine rings is 1. The van der Waals surface area contributed by atoms with Crippen LogP contribution in [0.25, 0.3) is 0 Å². The Bertz CT molecular complexity index is 339. The number of hydrogen-bond donors (Lipinski definition) is 1. The molecule has 0 aromatic carbocycles. The molecule has 2 nitrogen and oxygen atoms in total. The van der Waals surface area contributed by atoms with Crippen LogP contribution in [0.2, 0.25) is 0 Å². The van der Waals surface area contributed by atoms with Crippen molar-refractivity contribution in [1.29, 1.82) is 0 Å². The summed E-state index contributed by atoms with van der Waals surface area (Å²) in [6.45, 7) is 0. The van der Waals surface area contributed by atoms with E-state index in [0.717, 1.165) is 9.94 Å². The highest BCUT2D eigenvalue weighted by Gasteiger charge is 2.28. The van der Waals surface area contributed by atoms with Crippen LogP contribution < -0.4 is 0 Å². The van der Waals surface area contributed by atoms with Crippen LogP contribution in [-0.4, -0.2) is 20.2 Å². The van der Waals surface area contributed by atoms with Crippen LogP contribution in [0.4, 0.5) is 0 Å². The summed E-state index contributed by atoms with van der Waals surface area (Å²) in [6.07, 6.45) is 5.68. The Labute approximate surface area is 97.4 Å². The molecule has 0 fully saturated rings. The molecule has 0 N–H and O–H groups in total. The first kappa shape index (κ1) is 10.4. The van der Waals surface area contributed by atoms with Crippen molar-refractivity contribution >= 4 is 40.5 Å². The van der Waals surface area contributed by atoms with E-state index < -0.39 is 0 Å². The summed E-state index contributed by atoms with van der Waals surface area (Å²) < 4.78 is 1.33. The van der Waals surface area contributed by atoms with Crippen LogP contribution in [0.3, 0.4) is 0 Å². The molecule has 1 aliphatic heterocycles. The van der Waals surface area contributed by atoms with Gasteiger partial charge in [-0.25, -0.2) is 0 Å². The fraction of sp³-hybridized carbons (Fsp3) is 0.333. The maximum absolute atomic E-state index is 4.58. The van der Waals surface area contributed by atoms with E-state index in [1.165, 1.54) is 0 Å². The van der Waals surface area contributed by atoms with E-state index in [9.17, 15) is 0 Å². The van der Waals surface area contributed by atoms with E-state index in [2.05, 4.69) is 22.6 Å². The van der Waals surface area contributed by atoms with Crippen molar-refractivity contribution in [3.63, 3.8) is 0 Å². The largest absolute Gasteiger partial charge is 0.264 e. The number of aromatic nitrogens is 1. The second-order valence-electron chi connectivity index (χ2n) is 2.84. The highest BCUT2D eigenvalue weighted by molar-refractivity contribution is 8.41. The second-order valence-corrected chi connectivity index (χ2v) is 5.93. The van der Waals surface area contributed by atoms with Gasteiger partial charge in [0, 0.05) is 12.4 Å². The lowest BCUT2D eigenvalue weighted by atomic mass is 10.1. The fourth-order valence-electron chi connectivity index (χ4n) is 1.27. The van der Waals surface area contributed by atoms with Crippen molar-refractivity contribution in [2.75, 3.05) is 6.26 Å².